The molecule has 234 valence electrons. The highest BCUT2D eigenvalue weighted by molar-refractivity contribution is 5.93. The molecule has 1 amide bonds. The SMILES string of the molecule is CCOc1cc2c(cc1NC(=O)CCCN(C)C)C(Nc1ccc(OCc3ncccc3C)cc1C(F)(F)F)C(C#N)CN2. The largest absolute Gasteiger partial charge is 0.492 e. The minimum atomic E-state index is -4.70. The Morgan fingerprint density at radius 3 is 2.66 bits per heavy atom. The molecule has 1 aliphatic rings. The van der Waals surface area contributed by atoms with E-state index >= 15 is 0 Å². The Morgan fingerprint density at radius 2 is 1.98 bits per heavy atom. The highest BCUT2D eigenvalue weighted by Crippen LogP contribution is 2.44. The van der Waals surface area contributed by atoms with E-state index in [0.717, 1.165) is 18.2 Å². The maximum Gasteiger partial charge on any atom is 0.418 e. The molecule has 3 aromatic rings. The van der Waals surface area contributed by atoms with Crippen LogP contribution in [0.5, 0.6) is 11.5 Å². The lowest BCUT2D eigenvalue weighted by atomic mass is 9.88. The van der Waals surface area contributed by atoms with Crippen LogP contribution in [-0.2, 0) is 17.6 Å². The Balaban J connectivity index is 1.65. The molecule has 0 bridgehead atoms. The topological polar surface area (TPSA) is 112 Å². The summed E-state index contributed by atoms with van der Waals surface area (Å²) < 4.78 is 54.4. The van der Waals surface area contributed by atoms with Crippen molar-refractivity contribution in [1.29, 1.82) is 5.26 Å². The van der Waals surface area contributed by atoms with Gasteiger partial charge in [0.2, 0.25) is 5.91 Å². The third-order valence-corrected chi connectivity index (χ3v) is 7.25. The molecule has 1 aliphatic heterocycles. The zero-order valence-electron chi connectivity index (χ0n) is 25.2. The summed E-state index contributed by atoms with van der Waals surface area (Å²) in [7, 11) is 3.85. The summed E-state index contributed by atoms with van der Waals surface area (Å²) in [6.07, 6.45) is -2.17. The third kappa shape index (κ3) is 8.11. The highest BCUT2D eigenvalue weighted by atomic mass is 19.4. The van der Waals surface area contributed by atoms with Crippen molar-refractivity contribution in [2.45, 2.75) is 45.5 Å². The van der Waals surface area contributed by atoms with Crippen LogP contribution in [0.1, 0.15) is 48.2 Å². The summed E-state index contributed by atoms with van der Waals surface area (Å²) in [5, 5.41) is 19.0. The second-order valence-corrected chi connectivity index (χ2v) is 10.8. The smallest absolute Gasteiger partial charge is 0.418 e. The van der Waals surface area contributed by atoms with E-state index in [2.05, 4.69) is 27.0 Å². The Hall–Kier alpha value is -4.50. The van der Waals surface area contributed by atoms with Crippen molar-refractivity contribution >= 4 is 23.0 Å². The zero-order chi connectivity index (χ0) is 31.9. The van der Waals surface area contributed by atoms with E-state index in [-0.39, 0.29) is 36.9 Å². The maximum absolute atomic E-state index is 14.3. The van der Waals surface area contributed by atoms with Gasteiger partial charge in [-0.2, -0.15) is 18.4 Å². The first-order valence-electron chi connectivity index (χ1n) is 14.4. The molecule has 44 heavy (non-hydrogen) atoms. The number of nitrogens with zero attached hydrogens (tertiary/aromatic N) is 3. The fourth-order valence-electron chi connectivity index (χ4n) is 4.96. The van der Waals surface area contributed by atoms with Gasteiger partial charge in [-0.05, 0) is 76.8 Å². The summed E-state index contributed by atoms with van der Waals surface area (Å²) >= 11 is 0. The number of anilines is 3. The van der Waals surface area contributed by atoms with Gasteiger partial charge in [-0.1, -0.05) is 6.07 Å². The minimum Gasteiger partial charge on any atom is -0.492 e. The van der Waals surface area contributed by atoms with Crippen molar-refractivity contribution in [3.05, 3.63) is 71.0 Å². The summed E-state index contributed by atoms with van der Waals surface area (Å²) in [6.45, 7) is 4.96. The van der Waals surface area contributed by atoms with Gasteiger partial charge >= 0.3 is 6.18 Å². The lowest BCUT2D eigenvalue weighted by Crippen LogP contribution is -2.32. The number of amides is 1. The summed E-state index contributed by atoms with van der Waals surface area (Å²) in [6, 6.07) is 12.1. The fraction of sp³-hybridized carbons (Fsp3) is 0.406. The van der Waals surface area contributed by atoms with Gasteiger partial charge < -0.3 is 30.3 Å². The van der Waals surface area contributed by atoms with Crippen molar-refractivity contribution in [1.82, 2.24) is 9.88 Å². The number of halogens is 3. The van der Waals surface area contributed by atoms with E-state index in [0.29, 0.717) is 41.4 Å². The number of pyridine rings is 1. The summed E-state index contributed by atoms with van der Waals surface area (Å²) in [5.74, 6) is -0.465. The van der Waals surface area contributed by atoms with E-state index < -0.39 is 23.7 Å². The zero-order valence-corrected chi connectivity index (χ0v) is 25.2. The molecular formula is C32H37F3N6O3. The van der Waals surface area contributed by atoms with Gasteiger partial charge in [0.15, 0.2) is 0 Å². The quantitative estimate of drug-likeness (QED) is 0.217. The van der Waals surface area contributed by atoms with Crippen LogP contribution in [0.2, 0.25) is 0 Å². The number of carbonyl (C=O) groups excluding carboxylic acids is 1. The molecule has 4 rings (SSSR count). The van der Waals surface area contributed by atoms with Crippen molar-refractivity contribution in [2.75, 3.05) is 49.7 Å². The summed E-state index contributed by atoms with van der Waals surface area (Å²) in [5.41, 5.74) is 1.89. The molecule has 0 fully saturated rings. The number of aryl methyl sites for hydroxylation is 1. The average Bonchev–Trinajstić information content (AvgIpc) is 2.97. The molecule has 12 heteroatoms. The lowest BCUT2D eigenvalue weighted by molar-refractivity contribution is -0.137. The van der Waals surface area contributed by atoms with E-state index in [1.807, 2.05) is 38.9 Å². The number of ether oxygens (including phenoxy) is 2. The van der Waals surface area contributed by atoms with Crippen molar-refractivity contribution in [3.8, 4) is 17.6 Å². The van der Waals surface area contributed by atoms with Gasteiger partial charge in [-0.3, -0.25) is 9.78 Å². The molecule has 9 nitrogen and oxygen atoms in total. The molecule has 2 atom stereocenters. The number of hydrogen-bond acceptors (Lipinski definition) is 8. The van der Waals surface area contributed by atoms with Crippen molar-refractivity contribution in [2.24, 2.45) is 5.92 Å². The number of aromatic nitrogens is 1. The first kappa shape index (κ1) is 32.4. The molecule has 0 saturated heterocycles. The first-order chi connectivity index (χ1) is 21.0. The van der Waals surface area contributed by atoms with Crippen LogP contribution in [0.4, 0.5) is 30.2 Å². The third-order valence-electron chi connectivity index (χ3n) is 7.25. The van der Waals surface area contributed by atoms with Gasteiger partial charge in [-0.15, -0.1) is 0 Å². The van der Waals surface area contributed by atoms with Crippen LogP contribution in [0.25, 0.3) is 0 Å². The van der Waals surface area contributed by atoms with E-state index in [9.17, 15) is 23.2 Å². The number of benzene rings is 2. The second-order valence-electron chi connectivity index (χ2n) is 10.8. The molecule has 0 aliphatic carbocycles. The molecular weight excluding hydrogens is 573 g/mol. The number of nitriles is 1. The van der Waals surface area contributed by atoms with Crippen LogP contribution in [0, 0.1) is 24.2 Å². The van der Waals surface area contributed by atoms with Crippen LogP contribution >= 0.6 is 0 Å². The molecule has 3 N–H and O–H groups in total. The molecule has 2 aromatic carbocycles. The number of hydrogen-bond donors (Lipinski definition) is 3. The molecule has 2 unspecified atom stereocenters. The maximum atomic E-state index is 14.3. The molecule has 0 saturated carbocycles. The lowest BCUT2D eigenvalue weighted by Gasteiger charge is -2.33. The van der Waals surface area contributed by atoms with Crippen LogP contribution in [0.15, 0.2) is 48.7 Å². The Bertz CT molecular complexity index is 1510. The number of fused-ring (bicyclic) bond motifs is 1. The predicted molar refractivity (Wildman–Crippen MR) is 163 cm³/mol. The van der Waals surface area contributed by atoms with Crippen LogP contribution < -0.4 is 25.4 Å². The van der Waals surface area contributed by atoms with Gasteiger partial charge in [0.1, 0.15) is 18.1 Å². The number of carbonyl (C=O) groups is 1. The molecule has 0 radical (unpaired) electrons. The standard InChI is InChI=1S/C32H37F3N6O3/c1-5-43-29-16-26-23(15-27(29)39-30(42)9-7-13-41(3)4)31(21(17-36)18-38-26)40-25-11-10-22(14-24(25)32(33,34)35)44-19-28-20(2)8-6-12-37-28/h6,8,10-12,14-16,21,31,38,40H,5,7,9,13,18-19H2,1-4H3,(H,39,42). The van der Waals surface area contributed by atoms with Gasteiger partial charge in [0.25, 0.3) is 0 Å². The second kappa shape index (κ2) is 14.3. The Kier molecular flexibility index (Phi) is 10.5. The average molecular weight is 611 g/mol. The Labute approximate surface area is 255 Å². The molecule has 1 aromatic heterocycles. The monoisotopic (exact) mass is 610 g/mol. The Morgan fingerprint density at radius 1 is 1.18 bits per heavy atom. The van der Waals surface area contributed by atoms with Gasteiger partial charge in [-0.25, -0.2) is 0 Å². The number of nitrogens with one attached hydrogen (secondary N) is 3. The molecule has 0 spiro atoms. The highest BCUT2D eigenvalue weighted by Gasteiger charge is 2.37. The minimum absolute atomic E-state index is 0.0146. The van der Waals surface area contributed by atoms with Crippen molar-refractivity contribution in [3.63, 3.8) is 0 Å². The normalized spacial score (nSPS) is 16.0. The predicted octanol–water partition coefficient (Wildman–Crippen LogP) is 6.39. The summed E-state index contributed by atoms with van der Waals surface area (Å²) in [4.78, 5) is 19.0. The van der Waals surface area contributed by atoms with E-state index in [1.165, 1.54) is 12.1 Å². The van der Waals surface area contributed by atoms with Gasteiger partial charge in [0.05, 0.1) is 41.6 Å². The van der Waals surface area contributed by atoms with Crippen LogP contribution in [-0.4, -0.2) is 49.6 Å². The van der Waals surface area contributed by atoms with E-state index in [4.69, 9.17) is 9.47 Å². The fourth-order valence-corrected chi connectivity index (χ4v) is 4.96. The molecule has 2 heterocycles. The van der Waals surface area contributed by atoms with Crippen molar-refractivity contribution < 1.29 is 27.4 Å². The van der Waals surface area contributed by atoms with Gasteiger partial charge in [0, 0.05) is 42.2 Å². The number of alkyl halides is 3. The first-order valence-corrected chi connectivity index (χ1v) is 14.4. The number of rotatable bonds is 12. The van der Waals surface area contributed by atoms with Crippen LogP contribution in [0.3, 0.4) is 0 Å². The van der Waals surface area contributed by atoms with E-state index in [1.54, 1.807) is 24.4 Å².